The highest BCUT2D eigenvalue weighted by Crippen LogP contribution is 2.14. The van der Waals surface area contributed by atoms with E-state index in [4.69, 9.17) is 10.5 Å². The van der Waals surface area contributed by atoms with Crippen LogP contribution in [0, 0.1) is 0 Å². The van der Waals surface area contributed by atoms with Crippen LogP contribution in [0.2, 0.25) is 0 Å². The number of hydrogen-bond acceptors (Lipinski definition) is 3. The molecule has 3 heteroatoms. The molecule has 0 amide bonds. The number of aromatic nitrogens is 1. The molecule has 0 radical (unpaired) electrons. The van der Waals surface area contributed by atoms with Gasteiger partial charge in [0.05, 0.1) is 6.61 Å². The minimum atomic E-state index is 0.546. The van der Waals surface area contributed by atoms with Crippen molar-refractivity contribution in [2.24, 2.45) is 5.73 Å². The number of aryl methyl sites for hydroxylation is 1. The molecule has 3 nitrogen and oxygen atoms in total. The third-order valence-electron chi connectivity index (χ3n) is 2.65. The normalized spacial score (nSPS) is 10.5. The van der Waals surface area contributed by atoms with Crippen LogP contribution in [-0.2, 0) is 13.0 Å². The second kappa shape index (κ2) is 8.07. The van der Waals surface area contributed by atoms with Crippen LogP contribution in [0.5, 0.6) is 5.88 Å². The van der Waals surface area contributed by atoms with Gasteiger partial charge in [0, 0.05) is 18.3 Å². The molecular weight excluding hydrogens is 212 g/mol. The summed E-state index contributed by atoms with van der Waals surface area (Å²) < 4.78 is 5.67. The first-order valence-electron chi connectivity index (χ1n) is 6.62. The molecule has 0 saturated carbocycles. The Bertz CT molecular complexity index is 326. The standard InChI is InChI=1S/C14H24N2O/c1-3-5-6-8-17-14-10-12(11-15)9-13(16-14)7-4-2/h9-10H,3-8,11,15H2,1-2H3. The third kappa shape index (κ3) is 5.18. The largest absolute Gasteiger partial charge is 0.478 e. The number of nitrogens with zero attached hydrogens (tertiary/aromatic N) is 1. The maximum Gasteiger partial charge on any atom is 0.213 e. The molecule has 2 N–H and O–H groups in total. The molecule has 0 atom stereocenters. The molecule has 0 fully saturated rings. The number of nitrogens with two attached hydrogens (primary N) is 1. The molecule has 0 aromatic carbocycles. The quantitative estimate of drug-likeness (QED) is 0.706. The van der Waals surface area contributed by atoms with Crippen LogP contribution < -0.4 is 10.5 Å². The lowest BCUT2D eigenvalue weighted by Crippen LogP contribution is -2.04. The molecule has 0 saturated heterocycles. The Morgan fingerprint density at radius 2 is 2.00 bits per heavy atom. The first kappa shape index (κ1) is 14.0. The lowest BCUT2D eigenvalue weighted by molar-refractivity contribution is 0.294. The Kier molecular flexibility index (Phi) is 6.63. The number of pyridine rings is 1. The zero-order chi connectivity index (χ0) is 12.5. The van der Waals surface area contributed by atoms with Crippen LogP contribution in [0.3, 0.4) is 0 Å². The van der Waals surface area contributed by atoms with Crippen molar-refractivity contribution in [2.45, 2.75) is 52.5 Å². The molecule has 0 unspecified atom stereocenters. The summed E-state index contributed by atoms with van der Waals surface area (Å²) >= 11 is 0. The van der Waals surface area contributed by atoms with E-state index < -0.39 is 0 Å². The molecule has 1 aromatic heterocycles. The summed E-state index contributed by atoms with van der Waals surface area (Å²) in [6, 6.07) is 4.02. The van der Waals surface area contributed by atoms with Crippen LogP contribution in [0.25, 0.3) is 0 Å². The van der Waals surface area contributed by atoms with E-state index in [1.807, 2.05) is 6.07 Å². The maximum absolute atomic E-state index is 5.68. The highest BCUT2D eigenvalue weighted by Gasteiger charge is 2.02. The predicted molar refractivity (Wildman–Crippen MR) is 71.1 cm³/mol. The van der Waals surface area contributed by atoms with Crippen LogP contribution in [0.4, 0.5) is 0 Å². The summed E-state index contributed by atoms with van der Waals surface area (Å²) in [5, 5.41) is 0. The van der Waals surface area contributed by atoms with E-state index in [2.05, 4.69) is 24.9 Å². The third-order valence-corrected chi connectivity index (χ3v) is 2.65. The Hall–Kier alpha value is -1.09. The Labute approximate surface area is 104 Å². The predicted octanol–water partition coefficient (Wildman–Crippen LogP) is 3.06. The highest BCUT2D eigenvalue weighted by atomic mass is 16.5. The van der Waals surface area contributed by atoms with E-state index >= 15 is 0 Å². The first-order chi connectivity index (χ1) is 8.30. The minimum Gasteiger partial charge on any atom is -0.478 e. The van der Waals surface area contributed by atoms with Gasteiger partial charge in [-0.1, -0.05) is 33.1 Å². The molecule has 0 spiro atoms. The molecule has 1 aromatic rings. The van der Waals surface area contributed by atoms with E-state index in [-0.39, 0.29) is 0 Å². The number of ether oxygens (including phenoxy) is 1. The second-order valence-electron chi connectivity index (χ2n) is 4.31. The van der Waals surface area contributed by atoms with Gasteiger partial charge in [0.15, 0.2) is 0 Å². The number of rotatable bonds is 8. The first-order valence-corrected chi connectivity index (χ1v) is 6.62. The van der Waals surface area contributed by atoms with Crippen LogP contribution in [-0.4, -0.2) is 11.6 Å². The molecule has 0 aliphatic carbocycles. The molecule has 1 rings (SSSR count). The lowest BCUT2D eigenvalue weighted by atomic mass is 10.1. The molecule has 0 aliphatic heterocycles. The van der Waals surface area contributed by atoms with Gasteiger partial charge in [-0.25, -0.2) is 4.98 Å². The summed E-state index contributed by atoms with van der Waals surface area (Å²) in [4.78, 5) is 4.49. The summed E-state index contributed by atoms with van der Waals surface area (Å²) in [6.45, 7) is 5.64. The van der Waals surface area contributed by atoms with E-state index in [0.29, 0.717) is 6.54 Å². The summed E-state index contributed by atoms with van der Waals surface area (Å²) in [5.74, 6) is 0.729. The van der Waals surface area contributed by atoms with Crippen molar-refractivity contribution in [1.29, 1.82) is 0 Å². The Balaban J connectivity index is 2.59. The van der Waals surface area contributed by atoms with Crippen LogP contribution in [0.1, 0.15) is 50.8 Å². The van der Waals surface area contributed by atoms with Gasteiger partial charge in [-0.2, -0.15) is 0 Å². The van der Waals surface area contributed by atoms with Gasteiger partial charge in [-0.3, -0.25) is 0 Å². The number of hydrogen-bond donors (Lipinski definition) is 1. The van der Waals surface area contributed by atoms with Crippen molar-refractivity contribution in [3.05, 3.63) is 23.4 Å². The van der Waals surface area contributed by atoms with E-state index in [9.17, 15) is 0 Å². The fourth-order valence-corrected chi connectivity index (χ4v) is 1.73. The van der Waals surface area contributed by atoms with E-state index in [1.165, 1.54) is 12.8 Å². The van der Waals surface area contributed by atoms with Crippen molar-refractivity contribution < 1.29 is 4.74 Å². The smallest absolute Gasteiger partial charge is 0.213 e. The monoisotopic (exact) mass is 236 g/mol. The molecule has 17 heavy (non-hydrogen) atoms. The van der Waals surface area contributed by atoms with Crippen molar-refractivity contribution in [1.82, 2.24) is 4.98 Å². The maximum atomic E-state index is 5.68. The van der Waals surface area contributed by atoms with E-state index in [0.717, 1.165) is 43.0 Å². The fraction of sp³-hybridized carbons (Fsp3) is 0.643. The van der Waals surface area contributed by atoms with Gasteiger partial charge < -0.3 is 10.5 Å². The second-order valence-corrected chi connectivity index (χ2v) is 4.31. The van der Waals surface area contributed by atoms with Gasteiger partial charge in [0.1, 0.15) is 0 Å². The fourth-order valence-electron chi connectivity index (χ4n) is 1.73. The lowest BCUT2D eigenvalue weighted by Gasteiger charge is -2.09. The highest BCUT2D eigenvalue weighted by molar-refractivity contribution is 5.25. The van der Waals surface area contributed by atoms with Gasteiger partial charge in [0.2, 0.25) is 5.88 Å². The van der Waals surface area contributed by atoms with Crippen molar-refractivity contribution in [3.63, 3.8) is 0 Å². The molecular formula is C14H24N2O. The molecule has 0 bridgehead atoms. The van der Waals surface area contributed by atoms with Gasteiger partial charge in [-0.15, -0.1) is 0 Å². The zero-order valence-corrected chi connectivity index (χ0v) is 11.0. The van der Waals surface area contributed by atoms with Gasteiger partial charge >= 0.3 is 0 Å². The zero-order valence-electron chi connectivity index (χ0n) is 11.0. The molecule has 96 valence electrons. The van der Waals surface area contributed by atoms with Crippen LogP contribution in [0.15, 0.2) is 12.1 Å². The Morgan fingerprint density at radius 1 is 1.18 bits per heavy atom. The van der Waals surface area contributed by atoms with Gasteiger partial charge in [-0.05, 0) is 24.5 Å². The SMILES string of the molecule is CCCCCOc1cc(CN)cc(CCC)n1. The summed E-state index contributed by atoms with van der Waals surface area (Å²) in [7, 11) is 0. The van der Waals surface area contributed by atoms with Crippen LogP contribution >= 0.6 is 0 Å². The molecule has 1 heterocycles. The minimum absolute atomic E-state index is 0.546. The molecule has 0 aliphatic rings. The van der Waals surface area contributed by atoms with Crippen molar-refractivity contribution >= 4 is 0 Å². The van der Waals surface area contributed by atoms with E-state index in [1.54, 1.807) is 0 Å². The summed E-state index contributed by atoms with van der Waals surface area (Å²) in [6.07, 6.45) is 5.59. The Morgan fingerprint density at radius 3 is 2.65 bits per heavy atom. The number of unbranched alkanes of at least 4 members (excludes halogenated alkanes) is 2. The average Bonchev–Trinajstić information content (AvgIpc) is 2.35. The topological polar surface area (TPSA) is 48.1 Å². The van der Waals surface area contributed by atoms with Gasteiger partial charge in [0.25, 0.3) is 0 Å². The van der Waals surface area contributed by atoms with Crippen molar-refractivity contribution in [2.75, 3.05) is 6.61 Å². The average molecular weight is 236 g/mol. The summed E-state index contributed by atoms with van der Waals surface area (Å²) in [5.41, 5.74) is 7.87. The van der Waals surface area contributed by atoms with Crippen molar-refractivity contribution in [3.8, 4) is 5.88 Å².